The molecule has 2 aromatic rings. The summed E-state index contributed by atoms with van der Waals surface area (Å²) in [6.45, 7) is 3.58. The molecule has 5 rings (SSSR count). The Morgan fingerprint density at radius 2 is 1.89 bits per heavy atom. The lowest BCUT2D eigenvalue weighted by molar-refractivity contribution is -0.0664. The molecule has 0 bridgehead atoms. The van der Waals surface area contributed by atoms with Crippen LogP contribution in [0.15, 0.2) is 36.7 Å². The third-order valence-electron chi connectivity index (χ3n) is 6.63. The van der Waals surface area contributed by atoms with Gasteiger partial charge in [0, 0.05) is 50.2 Å². The van der Waals surface area contributed by atoms with Crippen molar-refractivity contribution in [2.45, 2.75) is 31.7 Å². The van der Waals surface area contributed by atoms with Crippen molar-refractivity contribution in [3.05, 3.63) is 47.8 Å². The van der Waals surface area contributed by atoms with Gasteiger partial charge < -0.3 is 10.0 Å². The second-order valence-electron chi connectivity index (χ2n) is 8.22. The molecule has 1 aliphatic carbocycles. The lowest BCUT2D eigenvalue weighted by Crippen LogP contribution is -2.61. The molecule has 2 aliphatic heterocycles. The molecule has 1 N–H and O–H groups in total. The average Bonchev–Trinajstić information content (AvgIpc) is 3.09. The van der Waals surface area contributed by atoms with Crippen LogP contribution in [0.2, 0.25) is 0 Å². The van der Waals surface area contributed by atoms with Gasteiger partial charge in [-0.15, -0.1) is 0 Å². The van der Waals surface area contributed by atoms with Gasteiger partial charge in [0.05, 0.1) is 0 Å². The second kappa shape index (κ2) is 6.30. The number of aromatic nitrogens is 2. The van der Waals surface area contributed by atoms with Crippen molar-refractivity contribution in [3.63, 3.8) is 0 Å². The fraction of sp³-hybridized carbons (Fsp3) is 0.476. The Labute approximate surface area is 158 Å². The van der Waals surface area contributed by atoms with Crippen molar-refractivity contribution in [1.82, 2.24) is 19.8 Å². The Morgan fingerprint density at radius 3 is 2.59 bits per heavy atom. The van der Waals surface area contributed by atoms with Gasteiger partial charge in [0.1, 0.15) is 0 Å². The van der Waals surface area contributed by atoms with E-state index in [2.05, 4.69) is 33.1 Å². The lowest BCUT2D eigenvalue weighted by Gasteiger charge is -2.56. The first-order chi connectivity index (χ1) is 13.1. The van der Waals surface area contributed by atoms with E-state index in [0.717, 1.165) is 43.7 Å². The zero-order valence-electron chi connectivity index (χ0n) is 15.3. The molecule has 1 spiro atoms. The number of rotatable bonds is 2. The highest BCUT2D eigenvalue weighted by Gasteiger charge is 2.48. The summed E-state index contributed by atoms with van der Waals surface area (Å²) < 4.78 is 0. The first-order valence-corrected chi connectivity index (χ1v) is 9.76. The van der Waals surface area contributed by atoms with E-state index in [-0.39, 0.29) is 0 Å². The normalized spacial score (nSPS) is 23.9. The zero-order chi connectivity index (χ0) is 18.4. The van der Waals surface area contributed by atoms with Crippen LogP contribution in [-0.4, -0.2) is 57.1 Å². The van der Waals surface area contributed by atoms with Crippen LogP contribution in [0.5, 0.6) is 0 Å². The molecule has 6 heteroatoms. The number of carbonyl (C=O) groups is 1. The zero-order valence-corrected chi connectivity index (χ0v) is 15.3. The van der Waals surface area contributed by atoms with Crippen molar-refractivity contribution >= 4 is 6.09 Å². The monoisotopic (exact) mass is 364 g/mol. The molecule has 3 aliphatic rings. The third-order valence-corrected chi connectivity index (χ3v) is 6.63. The van der Waals surface area contributed by atoms with Gasteiger partial charge >= 0.3 is 6.09 Å². The maximum Gasteiger partial charge on any atom is 0.407 e. The van der Waals surface area contributed by atoms with Crippen LogP contribution in [0.1, 0.15) is 36.4 Å². The molecule has 1 unspecified atom stereocenters. The van der Waals surface area contributed by atoms with Gasteiger partial charge in [0.15, 0.2) is 5.82 Å². The summed E-state index contributed by atoms with van der Waals surface area (Å²) in [5, 5.41) is 9.14. The Bertz CT molecular complexity index is 854. The SMILES string of the molecule is O=C(O)N1CCC2(CC1)CN(C1CCc3cc(-c4ncccn4)ccc31)C2. The quantitative estimate of drug-likeness (QED) is 0.886. The molecule has 1 atom stereocenters. The fourth-order valence-electron chi connectivity index (χ4n) is 5.09. The van der Waals surface area contributed by atoms with E-state index in [4.69, 9.17) is 5.11 Å². The highest BCUT2D eigenvalue weighted by Crippen LogP contribution is 2.48. The minimum absolute atomic E-state index is 0.340. The van der Waals surface area contributed by atoms with Crippen LogP contribution in [0.4, 0.5) is 4.79 Å². The van der Waals surface area contributed by atoms with Crippen molar-refractivity contribution in [1.29, 1.82) is 0 Å². The van der Waals surface area contributed by atoms with Crippen molar-refractivity contribution in [2.75, 3.05) is 26.2 Å². The van der Waals surface area contributed by atoms with Gasteiger partial charge in [0.25, 0.3) is 0 Å². The molecule has 27 heavy (non-hydrogen) atoms. The number of nitrogens with zero attached hydrogens (tertiary/aromatic N) is 4. The number of piperidine rings is 1. The predicted octanol–water partition coefficient (Wildman–Crippen LogP) is 3.21. The topological polar surface area (TPSA) is 69.6 Å². The number of hydrogen-bond acceptors (Lipinski definition) is 4. The number of fused-ring (bicyclic) bond motifs is 1. The minimum atomic E-state index is -0.774. The van der Waals surface area contributed by atoms with Crippen molar-refractivity contribution in [3.8, 4) is 11.4 Å². The number of benzene rings is 1. The molecule has 1 amide bonds. The first kappa shape index (κ1) is 16.7. The summed E-state index contributed by atoms with van der Waals surface area (Å²) in [4.78, 5) is 24.0. The van der Waals surface area contributed by atoms with E-state index in [1.807, 2.05) is 6.07 Å². The Morgan fingerprint density at radius 1 is 1.15 bits per heavy atom. The van der Waals surface area contributed by atoms with Gasteiger partial charge in [-0.05, 0) is 54.4 Å². The van der Waals surface area contributed by atoms with Gasteiger partial charge in [-0.25, -0.2) is 14.8 Å². The smallest absolute Gasteiger partial charge is 0.407 e. The number of likely N-dealkylation sites (tertiary alicyclic amines) is 2. The fourth-order valence-corrected chi connectivity index (χ4v) is 5.09. The molecule has 6 nitrogen and oxygen atoms in total. The second-order valence-corrected chi connectivity index (χ2v) is 8.22. The van der Waals surface area contributed by atoms with E-state index in [1.54, 1.807) is 17.3 Å². The Balaban J connectivity index is 1.27. The molecule has 1 aromatic carbocycles. The molecule has 2 fully saturated rings. The number of aryl methyl sites for hydroxylation is 1. The molecular formula is C21H24N4O2. The van der Waals surface area contributed by atoms with Crippen LogP contribution in [0.3, 0.4) is 0 Å². The van der Waals surface area contributed by atoms with E-state index in [0.29, 0.717) is 24.5 Å². The summed E-state index contributed by atoms with van der Waals surface area (Å²) in [6, 6.07) is 9.01. The highest BCUT2D eigenvalue weighted by atomic mass is 16.4. The first-order valence-electron chi connectivity index (χ1n) is 9.76. The number of amides is 1. The largest absolute Gasteiger partial charge is 0.465 e. The molecule has 3 heterocycles. The van der Waals surface area contributed by atoms with Gasteiger partial charge in [-0.3, -0.25) is 4.90 Å². The number of hydrogen-bond donors (Lipinski definition) is 1. The lowest BCUT2D eigenvalue weighted by atomic mass is 9.71. The predicted molar refractivity (Wildman–Crippen MR) is 101 cm³/mol. The van der Waals surface area contributed by atoms with Crippen LogP contribution in [-0.2, 0) is 6.42 Å². The molecule has 1 aromatic heterocycles. The highest BCUT2D eigenvalue weighted by molar-refractivity contribution is 5.65. The van der Waals surface area contributed by atoms with Gasteiger partial charge in [-0.2, -0.15) is 0 Å². The molecule has 140 valence electrons. The number of carboxylic acid groups (broad SMARTS) is 1. The summed E-state index contributed by atoms with van der Waals surface area (Å²) in [7, 11) is 0. The average molecular weight is 364 g/mol. The van der Waals surface area contributed by atoms with Crippen LogP contribution >= 0.6 is 0 Å². The maximum atomic E-state index is 11.1. The Kier molecular flexibility index (Phi) is 3.90. The maximum absolute atomic E-state index is 11.1. The van der Waals surface area contributed by atoms with Crippen molar-refractivity contribution < 1.29 is 9.90 Å². The standard InChI is InChI=1S/C21H24N4O2/c26-20(27)24-10-6-21(7-11-24)13-25(14-21)18-5-3-15-12-16(2-4-17(15)18)19-22-8-1-9-23-19/h1-2,4,8-9,12,18H,3,5-7,10-11,13-14H2,(H,26,27). The summed E-state index contributed by atoms with van der Waals surface area (Å²) >= 11 is 0. The van der Waals surface area contributed by atoms with E-state index < -0.39 is 6.09 Å². The van der Waals surface area contributed by atoms with Crippen molar-refractivity contribution in [2.24, 2.45) is 5.41 Å². The van der Waals surface area contributed by atoms with Gasteiger partial charge in [0.2, 0.25) is 0 Å². The summed E-state index contributed by atoms with van der Waals surface area (Å²) in [5.41, 5.74) is 4.31. The van der Waals surface area contributed by atoms with Crippen LogP contribution in [0.25, 0.3) is 11.4 Å². The van der Waals surface area contributed by atoms with E-state index in [9.17, 15) is 4.79 Å². The van der Waals surface area contributed by atoms with Crippen LogP contribution in [0, 0.1) is 5.41 Å². The minimum Gasteiger partial charge on any atom is -0.465 e. The molecule has 0 saturated carbocycles. The summed E-state index contributed by atoms with van der Waals surface area (Å²) in [5.74, 6) is 0.789. The summed E-state index contributed by atoms with van der Waals surface area (Å²) in [6.07, 6.45) is 7.08. The van der Waals surface area contributed by atoms with Gasteiger partial charge in [-0.1, -0.05) is 12.1 Å². The molecule has 2 saturated heterocycles. The Hall–Kier alpha value is -2.47. The van der Waals surface area contributed by atoms with E-state index >= 15 is 0 Å². The van der Waals surface area contributed by atoms with E-state index in [1.165, 1.54) is 17.5 Å². The molecular weight excluding hydrogens is 340 g/mol. The van der Waals surface area contributed by atoms with Crippen LogP contribution < -0.4 is 0 Å². The third kappa shape index (κ3) is 2.88. The molecule has 0 radical (unpaired) electrons.